The van der Waals surface area contributed by atoms with Gasteiger partial charge in [0.2, 0.25) is 5.91 Å². The molecule has 2 aliphatic rings. The number of ether oxygens (including phenoxy) is 1. The summed E-state index contributed by atoms with van der Waals surface area (Å²) in [5.41, 5.74) is 0. The number of aliphatic hydroxyl groups is 1. The minimum Gasteiger partial charge on any atom is -0.388 e. The first-order valence-electron chi connectivity index (χ1n) is 7.64. The molecule has 1 aromatic heterocycles. The van der Waals surface area contributed by atoms with Crippen molar-refractivity contribution in [2.24, 2.45) is 0 Å². The fourth-order valence-corrected chi connectivity index (χ4v) is 2.86. The summed E-state index contributed by atoms with van der Waals surface area (Å²) in [6, 6.07) is 0.661. The third-order valence-electron chi connectivity index (χ3n) is 4.15. The largest absolute Gasteiger partial charge is 0.388 e. The number of carbonyl (C=O) groups excluding carboxylic acids is 1. The van der Waals surface area contributed by atoms with Crippen molar-refractivity contribution in [1.29, 1.82) is 0 Å². The zero-order chi connectivity index (χ0) is 14.8. The topological polar surface area (TPSA) is 89.3 Å². The van der Waals surface area contributed by atoms with Gasteiger partial charge in [-0.2, -0.15) is 0 Å². The summed E-state index contributed by atoms with van der Waals surface area (Å²) in [6.45, 7) is 2.49. The molecule has 116 valence electrons. The third kappa shape index (κ3) is 3.08. The van der Waals surface area contributed by atoms with E-state index in [1.165, 1.54) is 0 Å². The van der Waals surface area contributed by atoms with Gasteiger partial charge in [-0.3, -0.25) is 4.79 Å². The van der Waals surface area contributed by atoms with Crippen molar-refractivity contribution in [2.75, 3.05) is 13.2 Å². The highest BCUT2D eigenvalue weighted by Crippen LogP contribution is 2.42. The van der Waals surface area contributed by atoms with Crippen LogP contribution in [0.4, 0.5) is 0 Å². The maximum absolute atomic E-state index is 11.6. The average Bonchev–Trinajstić information content (AvgIpc) is 3.19. The van der Waals surface area contributed by atoms with Crippen LogP contribution in [0.5, 0.6) is 0 Å². The molecule has 2 saturated carbocycles. The van der Waals surface area contributed by atoms with Crippen molar-refractivity contribution in [3.8, 4) is 0 Å². The molecule has 7 heteroatoms. The first-order valence-corrected chi connectivity index (χ1v) is 7.64. The van der Waals surface area contributed by atoms with Crippen molar-refractivity contribution >= 4 is 5.91 Å². The predicted molar refractivity (Wildman–Crippen MR) is 74.6 cm³/mol. The Bertz CT molecular complexity index is 506. The van der Waals surface area contributed by atoms with Crippen LogP contribution in [0.3, 0.4) is 0 Å². The molecule has 7 nitrogen and oxygen atoms in total. The van der Waals surface area contributed by atoms with E-state index in [1.54, 1.807) is 0 Å². The van der Waals surface area contributed by atoms with E-state index >= 15 is 0 Å². The first kappa shape index (κ1) is 14.5. The van der Waals surface area contributed by atoms with Gasteiger partial charge in [0.1, 0.15) is 19.0 Å². The van der Waals surface area contributed by atoms with Gasteiger partial charge in [0.05, 0.1) is 0 Å². The van der Waals surface area contributed by atoms with E-state index in [2.05, 4.69) is 20.1 Å². The summed E-state index contributed by atoms with van der Waals surface area (Å²) in [4.78, 5) is 11.6. The minimum absolute atomic E-state index is 0.0555. The van der Waals surface area contributed by atoms with Crippen molar-refractivity contribution in [3.63, 3.8) is 0 Å². The highest BCUT2D eigenvalue weighted by atomic mass is 16.5. The number of nitrogens with one attached hydrogen (secondary N) is 1. The Balaban J connectivity index is 1.54. The van der Waals surface area contributed by atoms with Gasteiger partial charge in [0, 0.05) is 24.6 Å². The van der Waals surface area contributed by atoms with Gasteiger partial charge in [0.25, 0.3) is 0 Å². The second-order valence-electron chi connectivity index (χ2n) is 5.80. The SMILES string of the molecule is CCOCC(=O)NC1CC(c2nnc(CO)n2C2CC2)C1. The summed E-state index contributed by atoms with van der Waals surface area (Å²) < 4.78 is 7.19. The first-order chi connectivity index (χ1) is 10.2. The maximum Gasteiger partial charge on any atom is 0.246 e. The Labute approximate surface area is 123 Å². The fourth-order valence-electron chi connectivity index (χ4n) is 2.86. The van der Waals surface area contributed by atoms with E-state index in [0.29, 0.717) is 24.4 Å². The molecule has 3 rings (SSSR count). The summed E-state index contributed by atoms with van der Waals surface area (Å²) in [7, 11) is 0. The Morgan fingerprint density at radius 3 is 2.81 bits per heavy atom. The smallest absolute Gasteiger partial charge is 0.246 e. The molecule has 0 aromatic carbocycles. The average molecular weight is 294 g/mol. The third-order valence-corrected chi connectivity index (χ3v) is 4.15. The van der Waals surface area contributed by atoms with Crippen LogP contribution in [0.25, 0.3) is 0 Å². The number of hydrogen-bond acceptors (Lipinski definition) is 5. The number of hydrogen-bond donors (Lipinski definition) is 2. The molecular weight excluding hydrogens is 272 g/mol. The van der Waals surface area contributed by atoms with Crippen LogP contribution in [0.15, 0.2) is 0 Å². The van der Waals surface area contributed by atoms with Gasteiger partial charge < -0.3 is 19.7 Å². The van der Waals surface area contributed by atoms with Crippen LogP contribution >= 0.6 is 0 Å². The predicted octanol–water partition coefficient (Wildman–Crippen LogP) is 0.504. The second kappa shape index (κ2) is 6.11. The normalized spacial score (nSPS) is 24.7. The van der Waals surface area contributed by atoms with E-state index in [-0.39, 0.29) is 25.2 Å². The zero-order valence-electron chi connectivity index (χ0n) is 12.3. The van der Waals surface area contributed by atoms with E-state index in [9.17, 15) is 9.90 Å². The number of rotatable bonds is 7. The molecule has 0 radical (unpaired) electrons. The van der Waals surface area contributed by atoms with Crippen LogP contribution in [-0.2, 0) is 16.1 Å². The lowest BCUT2D eigenvalue weighted by molar-refractivity contribution is -0.126. The number of nitrogens with zero attached hydrogens (tertiary/aromatic N) is 3. The summed E-state index contributed by atoms with van der Waals surface area (Å²) >= 11 is 0. The molecule has 1 amide bonds. The van der Waals surface area contributed by atoms with Gasteiger partial charge in [0.15, 0.2) is 5.82 Å². The summed E-state index contributed by atoms with van der Waals surface area (Å²) in [5, 5.41) is 20.6. The van der Waals surface area contributed by atoms with Crippen molar-refractivity contribution < 1.29 is 14.6 Å². The van der Waals surface area contributed by atoms with Crippen LogP contribution in [-0.4, -0.2) is 45.0 Å². The molecule has 0 atom stereocenters. The Kier molecular flexibility index (Phi) is 4.21. The van der Waals surface area contributed by atoms with E-state index in [4.69, 9.17) is 4.74 Å². The summed E-state index contributed by atoms with van der Waals surface area (Å²) in [5.74, 6) is 1.91. The highest BCUT2D eigenvalue weighted by molar-refractivity contribution is 5.77. The fraction of sp³-hybridized carbons (Fsp3) is 0.786. The van der Waals surface area contributed by atoms with Gasteiger partial charge in [-0.05, 0) is 32.6 Å². The van der Waals surface area contributed by atoms with Crippen LogP contribution in [0.2, 0.25) is 0 Å². The molecule has 0 aliphatic heterocycles. The number of aromatic nitrogens is 3. The second-order valence-corrected chi connectivity index (χ2v) is 5.80. The van der Waals surface area contributed by atoms with Crippen molar-refractivity contribution in [3.05, 3.63) is 11.6 Å². The Morgan fingerprint density at radius 1 is 1.43 bits per heavy atom. The molecule has 0 spiro atoms. The van der Waals surface area contributed by atoms with Crippen LogP contribution in [0, 0.1) is 0 Å². The molecule has 2 N–H and O–H groups in total. The van der Waals surface area contributed by atoms with Crippen molar-refractivity contribution in [1.82, 2.24) is 20.1 Å². The molecule has 21 heavy (non-hydrogen) atoms. The molecule has 2 fully saturated rings. The molecule has 1 aromatic rings. The van der Waals surface area contributed by atoms with E-state index in [1.807, 2.05) is 6.92 Å². The maximum atomic E-state index is 11.6. The van der Waals surface area contributed by atoms with Gasteiger partial charge in [-0.25, -0.2) is 0 Å². The van der Waals surface area contributed by atoms with Gasteiger partial charge in [-0.1, -0.05) is 0 Å². The monoisotopic (exact) mass is 294 g/mol. The van der Waals surface area contributed by atoms with E-state index < -0.39 is 0 Å². The molecule has 2 aliphatic carbocycles. The molecule has 0 unspecified atom stereocenters. The summed E-state index contributed by atoms with van der Waals surface area (Å²) in [6.07, 6.45) is 4.04. The quantitative estimate of drug-likeness (QED) is 0.764. The molecule has 0 bridgehead atoms. The van der Waals surface area contributed by atoms with E-state index in [0.717, 1.165) is 31.5 Å². The van der Waals surface area contributed by atoms with Crippen molar-refractivity contribution in [2.45, 2.75) is 57.2 Å². The Morgan fingerprint density at radius 2 is 2.19 bits per heavy atom. The molecular formula is C14H22N4O3. The van der Waals surface area contributed by atoms with Crippen LogP contribution < -0.4 is 5.32 Å². The minimum atomic E-state index is -0.0647. The van der Waals surface area contributed by atoms with Crippen LogP contribution in [0.1, 0.15) is 56.2 Å². The van der Waals surface area contributed by atoms with Gasteiger partial charge in [-0.15, -0.1) is 10.2 Å². The lowest BCUT2D eigenvalue weighted by Crippen LogP contribution is -2.45. The number of carbonyl (C=O) groups is 1. The number of aliphatic hydroxyl groups excluding tert-OH is 1. The van der Waals surface area contributed by atoms with Gasteiger partial charge >= 0.3 is 0 Å². The molecule has 0 saturated heterocycles. The number of amides is 1. The Hall–Kier alpha value is -1.47. The zero-order valence-corrected chi connectivity index (χ0v) is 12.3. The lowest BCUT2D eigenvalue weighted by Gasteiger charge is -2.35. The standard InChI is InChI=1S/C14H22N4O3/c1-2-21-8-13(20)15-10-5-9(6-10)14-17-16-12(7-19)18(14)11-3-4-11/h9-11,19H,2-8H2,1H3,(H,15,20). The molecule has 1 heterocycles. The lowest BCUT2D eigenvalue weighted by atomic mass is 9.79. The highest BCUT2D eigenvalue weighted by Gasteiger charge is 2.38.